The Morgan fingerprint density at radius 2 is 2.19 bits per heavy atom. The van der Waals surface area contributed by atoms with E-state index in [-0.39, 0.29) is 6.29 Å². The van der Waals surface area contributed by atoms with E-state index < -0.39 is 39.0 Å². The van der Waals surface area contributed by atoms with Gasteiger partial charge in [0, 0.05) is 6.92 Å². The molecule has 0 fully saturated rings. The molecule has 0 bridgehead atoms. The lowest BCUT2D eigenvalue weighted by molar-refractivity contribution is -0.125. The van der Waals surface area contributed by atoms with Gasteiger partial charge in [-0.05, 0) is 0 Å². The van der Waals surface area contributed by atoms with Crippen LogP contribution in [-0.4, -0.2) is 52.2 Å². The maximum Gasteiger partial charge on any atom is 0.317 e. The second kappa shape index (κ2) is 7.48. The molecule has 0 aromatic heterocycles. The van der Waals surface area contributed by atoms with E-state index in [4.69, 9.17) is 10.00 Å². The first-order valence-electron chi connectivity index (χ1n) is 4.33. The Bertz CT molecular complexity index is 271. The smallest absolute Gasteiger partial charge is 0.317 e. The Labute approximate surface area is 92.2 Å². The summed E-state index contributed by atoms with van der Waals surface area (Å²) < 4.78 is 14.6. The minimum atomic E-state index is -3.39. The van der Waals surface area contributed by atoms with Crippen molar-refractivity contribution in [3.63, 3.8) is 0 Å². The van der Waals surface area contributed by atoms with Crippen molar-refractivity contribution in [2.24, 2.45) is 0 Å². The summed E-state index contributed by atoms with van der Waals surface area (Å²) >= 11 is 0. The van der Waals surface area contributed by atoms with Crippen LogP contribution in [0.2, 0.25) is 0 Å². The van der Waals surface area contributed by atoms with Crippen molar-refractivity contribution < 1.29 is 33.8 Å². The van der Waals surface area contributed by atoms with Crippen molar-refractivity contribution in [3.05, 3.63) is 0 Å². The number of hydrogen-bond acceptors (Lipinski definition) is 6. The number of aliphatic hydroxyl groups excluding tert-OH is 2. The zero-order valence-corrected chi connectivity index (χ0v) is 9.49. The Morgan fingerprint density at radius 3 is 2.50 bits per heavy atom. The molecule has 0 aliphatic rings. The van der Waals surface area contributed by atoms with Crippen LogP contribution >= 0.6 is 8.25 Å². The van der Waals surface area contributed by atoms with Gasteiger partial charge in [-0.3, -0.25) is 13.9 Å². The number of aldehydes is 1. The van der Waals surface area contributed by atoms with Crippen LogP contribution in [0.4, 0.5) is 0 Å². The maximum atomic E-state index is 10.7. The summed E-state index contributed by atoms with van der Waals surface area (Å²) in [5.74, 6) is -0.528. The van der Waals surface area contributed by atoms with Gasteiger partial charge in [-0.1, -0.05) is 0 Å². The fraction of sp³-hybridized carbons (Fsp3) is 0.714. The summed E-state index contributed by atoms with van der Waals surface area (Å²) in [7, 11) is -3.39. The predicted molar refractivity (Wildman–Crippen MR) is 52.9 cm³/mol. The number of nitrogens with one attached hydrogen (secondary N) is 1. The molecule has 0 saturated heterocycles. The lowest BCUT2D eigenvalue weighted by Crippen LogP contribution is -2.50. The van der Waals surface area contributed by atoms with Crippen molar-refractivity contribution >= 4 is 20.4 Å². The van der Waals surface area contributed by atoms with Crippen LogP contribution in [0.15, 0.2) is 0 Å². The fourth-order valence-electron chi connectivity index (χ4n) is 1.02. The monoisotopic (exact) mass is 255 g/mol. The number of aliphatic hydroxyl groups is 2. The first-order valence-corrected chi connectivity index (χ1v) is 5.59. The molecule has 0 heterocycles. The van der Waals surface area contributed by atoms with Crippen LogP contribution in [0.25, 0.3) is 0 Å². The average molecular weight is 255 g/mol. The highest BCUT2D eigenvalue weighted by Crippen LogP contribution is 2.19. The number of hydrogen-bond donors (Lipinski definition) is 4. The molecular weight excluding hydrogens is 241 g/mol. The van der Waals surface area contributed by atoms with E-state index in [9.17, 15) is 19.3 Å². The molecule has 0 aliphatic carbocycles. The van der Waals surface area contributed by atoms with Gasteiger partial charge in [-0.15, -0.1) is 0 Å². The van der Waals surface area contributed by atoms with E-state index in [1.807, 2.05) is 0 Å². The molecule has 0 aromatic rings. The van der Waals surface area contributed by atoms with Gasteiger partial charge in [0.1, 0.15) is 12.2 Å². The van der Waals surface area contributed by atoms with E-state index in [1.165, 1.54) is 0 Å². The molecule has 3 unspecified atom stereocenters. The first-order chi connectivity index (χ1) is 7.42. The maximum absolute atomic E-state index is 10.7. The molecule has 0 radical (unpaired) electrons. The summed E-state index contributed by atoms with van der Waals surface area (Å²) in [5, 5.41) is 20.5. The van der Waals surface area contributed by atoms with Gasteiger partial charge in [0.05, 0.1) is 12.6 Å². The molecule has 4 N–H and O–H groups in total. The van der Waals surface area contributed by atoms with Gasteiger partial charge in [-0.25, -0.2) is 0 Å². The molecule has 0 rings (SSSR count). The van der Waals surface area contributed by atoms with Crippen molar-refractivity contribution in [1.82, 2.24) is 5.32 Å². The molecule has 8 nitrogen and oxygen atoms in total. The lowest BCUT2D eigenvalue weighted by atomic mass is 10.1. The third-order valence-electron chi connectivity index (χ3n) is 1.71. The van der Waals surface area contributed by atoms with Crippen LogP contribution in [0.1, 0.15) is 6.92 Å². The SMILES string of the molecule is CC(=O)NC(CO)C(O)[C@@H](C=O)O[PH](=O)O. The topological polar surface area (TPSA) is 133 Å². The second-order valence-electron chi connectivity index (χ2n) is 2.96. The van der Waals surface area contributed by atoms with Crippen molar-refractivity contribution in [3.8, 4) is 0 Å². The minimum Gasteiger partial charge on any atom is -0.394 e. The molecule has 0 spiro atoms. The van der Waals surface area contributed by atoms with E-state index >= 15 is 0 Å². The van der Waals surface area contributed by atoms with Gasteiger partial charge in [-0.2, -0.15) is 0 Å². The van der Waals surface area contributed by atoms with Crippen molar-refractivity contribution in [2.75, 3.05) is 6.61 Å². The van der Waals surface area contributed by atoms with Gasteiger partial charge in [0.15, 0.2) is 6.29 Å². The third-order valence-corrected chi connectivity index (χ3v) is 2.18. The summed E-state index contributed by atoms with van der Waals surface area (Å²) in [6.45, 7) is 0.516. The molecule has 94 valence electrons. The zero-order valence-electron chi connectivity index (χ0n) is 8.49. The average Bonchev–Trinajstić information content (AvgIpc) is 2.20. The van der Waals surface area contributed by atoms with E-state index in [1.54, 1.807) is 0 Å². The third kappa shape index (κ3) is 5.34. The normalized spacial score (nSPS) is 18.2. The van der Waals surface area contributed by atoms with Gasteiger partial charge >= 0.3 is 8.25 Å². The summed E-state index contributed by atoms with van der Waals surface area (Å²) in [4.78, 5) is 29.6. The molecule has 0 aliphatic heterocycles. The molecule has 1 amide bonds. The Balaban J connectivity index is 4.54. The molecule has 0 aromatic carbocycles. The second-order valence-corrected chi connectivity index (χ2v) is 3.73. The summed E-state index contributed by atoms with van der Waals surface area (Å²) in [6, 6.07) is -1.14. The molecule has 4 atom stereocenters. The zero-order chi connectivity index (χ0) is 12.7. The van der Waals surface area contributed by atoms with Crippen LogP contribution in [-0.2, 0) is 18.7 Å². The van der Waals surface area contributed by atoms with Gasteiger partial charge in [0.2, 0.25) is 5.91 Å². The van der Waals surface area contributed by atoms with E-state index in [0.717, 1.165) is 6.92 Å². The summed E-state index contributed by atoms with van der Waals surface area (Å²) in [6.07, 6.45) is -3.07. The highest BCUT2D eigenvalue weighted by Gasteiger charge is 2.29. The van der Waals surface area contributed by atoms with Crippen LogP contribution in [0.5, 0.6) is 0 Å². The Morgan fingerprint density at radius 1 is 1.62 bits per heavy atom. The number of amides is 1. The first kappa shape index (κ1) is 15.2. The fourth-order valence-corrected chi connectivity index (χ4v) is 1.45. The number of carbonyl (C=O) groups is 2. The standard InChI is InChI=1S/C7H14NO7P/c1-4(11)8-5(2-9)7(12)6(3-10)15-16(13)14/h3,5-7,9,12,16H,2H2,1H3,(H,8,11)(H,13,14)/t5?,6-,7?/m1/s1. The Hall–Kier alpha value is -0.790. The molecule has 16 heavy (non-hydrogen) atoms. The van der Waals surface area contributed by atoms with E-state index in [0.29, 0.717) is 0 Å². The van der Waals surface area contributed by atoms with Crippen molar-refractivity contribution in [1.29, 1.82) is 0 Å². The van der Waals surface area contributed by atoms with Crippen LogP contribution in [0, 0.1) is 0 Å². The van der Waals surface area contributed by atoms with Gasteiger partial charge in [0.25, 0.3) is 0 Å². The van der Waals surface area contributed by atoms with Gasteiger partial charge < -0.3 is 25.2 Å². The molecular formula is C7H14NO7P. The predicted octanol–water partition coefficient (Wildman–Crippen LogP) is -2.19. The highest BCUT2D eigenvalue weighted by molar-refractivity contribution is 7.32. The van der Waals surface area contributed by atoms with Crippen LogP contribution in [0.3, 0.4) is 0 Å². The summed E-state index contributed by atoms with van der Waals surface area (Å²) in [5.41, 5.74) is 0. The quantitative estimate of drug-likeness (QED) is 0.300. The van der Waals surface area contributed by atoms with Crippen LogP contribution < -0.4 is 5.32 Å². The number of carbonyl (C=O) groups excluding carboxylic acids is 2. The Kier molecular flexibility index (Phi) is 7.11. The van der Waals surface area contributed by atoms with Crippen molar-refractivity contribution in [2.45, 2.75) is 25.2 Å². The lowest BCUT2D eigenvalue weighted by Gasteiger charge is -2.24. The number of rotatable bonds is 7. The van der Waals surface area contributed by atoms with E-state index in [2.05, 4.69) is 9.84 Å². The largest absolute Gasteiger partial charge is 0.394 e. The molecule has 0 saturated carbocycles. The minimum absolute atomic E-state index is 0.119. The highest BCUT2D eigenvalue weighted by atomic mass is 31.1. The molecule has 9 heteroatoms.